The first-order chi connectivity index (χ1) is 8.56. The number of piperidine rings is 1. The van der Waals surface area contributed by atoms with Crippen LogP contribution in [0.5, 0.6) is 0 Å². The van der Waals surface area contributed by atoms with Gasteiger partial charge in [0, 0.05) is 12.5 Å². The monoisotopic (exact) mass is 253 g/mol. The maximum Gasteiger partial charge on any atom is 0.255 e. The van der Waals surface area contributed by atoms with E-state index in [1.54, 1.807) is 6.92 Å². The summed E-state index contributed by atoms with van der Waals surface area (Å²) in [6, 6.07) is 0.637. The van der Waals surface area contributed by atoms with Gasteiger partial charge < -0.3 is 14.5 Å². The molecule has 1 fully saturated rings. The Morgan fingerprint density at radius 2 is 2.00 bits per heavy atom. The van der Waals surface area contributed by atoms with Crippen LogP contribution in [0.3, 0.4) is 0 Å². The van der Waals surface area contributed by atoms with Crippen LogP contribution in [-0.4, -0.2) is 39.3 Å². The molecule has 5 heteroatoms. The van der Waals surface area contributed by atoms with E-state index in [-0.39, 0.29) is 0 Å². The van der Waals surface area contributed by atoms with Crippen molar-refractivity contribution in [2.45, 2.75) is 52.2 Å². The maximum absolute atomic E-state index is 9.34. The van der Waals surface area contributed by atoms with Crippen molar-refractivity contribution in [1.29, 1.82) is 0 Å². The van der Waals surface area contributed by atoms with Gasteiger partial charge in [0.25, 0.3) is 5.89 Å². The van der Waals surface area contributed by atoms with Gasteiger partial charge in [0.15, 0.2) is 5.82 Å². The molecular weight excluding hydrogens is 230 g/mol. The highest BCUT2D eigenvalue weighted by Gasteiger charge is 2.23. The zero-order valence-corrected chi connectivity index (χ0v) is 11.5. The van der Waals surface area contributed by atoms with Crippen LogP contribution in [0.4, 0.5) is 0 Å². The van der Waals surface area contributed by atoms with E-state index < -0.39 is 6.10 Å². The Bertz CT molecular complexity index is 368. The van der Waals surface area contributed by atoms with E-state index >= 15 is 0 Å². The largest absolute Gasteiger partial charge is 0.384 e. The van der Waals surface area contributed by atoms with E-state index in [2.05, 4.69) is 28.9 Å². The molecule has 0 aliphatic carbocycles. The number of likely N-dealkylation sites (tertiary alicyclic amines) is 1. The highest BCUT2D eigenvalue weighted by molar-refractivity contribution is 4.91. The summed E-state index contributed by atoms with van der Waals surface area (Å²) in [6.45, 7) is 8.44. The molecule has 1 aliphatic heterocycles. The normalized spacial score (nSPS) is 20.5. The van der Waals surface area contributed by atoms with Crippen molar-refractivity contribution in [3.63, 3.8) is 0 Å². The second-order valence-electron chi connectivity index (χ2n) is 5.50. The topological polar surface area (TPSA) is 62.4 Å². The zero-order chi connectivity index (χ0) is 13.1. The van der Waals surface area contributed by atoms with Gasteiger partial charge in [-0.25, -0.2) is 0 Å². The predicted octanol–water partition coefficient (Wildman–Crippen LogP) is 1.79. The summed E-state index contributed by atoms with van der Waals surface area (Å²) in [5, 5.41) is 13.3. The van der Waals surface area contributed by atoms with Gasteiger partial charge in [-0.2, -0.15) is 4.98 Å². The van der Waals surface area contributed by atoms with Gasteiger partial charge in [0.05, 0.1) is 0 Å². The van der Waals surface area contributed by atoms with Crippen LogP contribution >= 0.6 is 0 Å². The van der Waals surface area contributed by atoms with E-state index in [1.807, 2.05) is 0 Å². The zero-order valence-electron chi connectivity index (χ0n) is 11.5. The first-order valence-electron chi connectivity index (χ1n) is 6.81. The van der Waals surface area contributed by atoms with Crippen molar-refractivity contribution >= 4 is 0 Å². The lowest BCUT2D eigenvalue weighted by Crippen LogP contribution is -2.38. The molecule has 1 aliphatic rings. The van der Waals surface area contributed by atoms with Crippen molar-refractivity contribution in [3.8, 4) is 0 Å². The summed E-state index contributed by atoms with van der Waals surface area (Å²) in [6.07, 6.45) is 2.57. The number of hydrogen-bond acceptors (Lipinski definition) is 5. The lowest BCUT2D eigenvalue weighted by Gasteiger charge is -2.34. The van der Waals surface area contributed by atoms with Crippen LogP contribution < -0.4 is 0 Å². The number of aliphatic hydroxyl groups excluding tert-OH is 1. The lowest BCUT2D eigenvalue weighted by atomic mass is 9.93. The highest BCUT2D eigenvalue weighted by Crippen LogP contribution is 2.22. The Kier molecular flexibility index (Phi) is 4.35. The SMILES string of the molecule is CC(O)c1nc(CC2CCN(C(C)C)CC2)no1. The van der Waals surface area contributed by atoms with Crippen LogP contribution in [0.25, 0.3) is 0 Å². The fourth-order valence-electron chi connectivity index (χ4n) is 2.45. The third-order valence-electron chi connectivity index (χ3n) is 3.69. The Morgan fingerprint density at radius 3 is 2.50 bits per heavy atom. The van der Waals surface area contributed by atoms with Gasteiger partial charge in [-0.1, -0.05) is 5.16 Å². The minimum Gasteiger partial charge on any atom is -0.384 e. The maximum atomic E-state index is 9.34. The molecule has 0 aromatic carbocycles. The quantitative estimate of drug-likeness (QED) is 0.886. The first-order valence-corrected chi connectivity index (χ1v) is 6.81. The van der Waals surface area contributed by atoms with Crippen molar-refractivity contribution in [2.24, 2.45) is 5.92 Å². The van der Waals surface area contributed by atoms with Crippen LogP contribution in [0, 0.1) is 5.92 Å². The van der Waals surface area contributed by atoms with Crippen molar-refractivity contribution in [1.82, 2.24) is 15.0 Å². The predicted molar refractivity (Wildman–Crippen MR) is 68.1 cm³/mol. The van der Waals surface area contributed by atoms with E-state index in [1.165, 1.54) is 12.8 Å². The Morgan fingerprint density at radius 1 is 1.33 bits per heavy atom. The third-order valence-corrected chi connectivity index (χ3v) is 3.69. The van der Waals surface area contributed by atoms with E-state index in [9.17, 15) is 5.11 Å². The Balaban J connectivity index is 1.84. The summed E-state index contributed by atoms with van der Waals surface area (Å²) in [4.78, 5) is 6.72. The van der Waals surface area contributed by atoms with Gasteiger partial charge in [0.2, 0.25) is 0 Å². The standard InChI is InChI=1S/C13H23N3O2/c1-9(2)16-6-4-11(5-7-16)8-12-14-13(10(3)17)18-15-12/h9-11,17H,4-8H2,1-3H3. The van der Waals surface area contributed by atoms with Crippen LogP contribution in [-0.2, 0) is 6.42 Å². The third kappa shape index (κ3) is 3.29. The molecule has 102 valence electrons. The minimum absolute atomic E-state index is 0.324. The molecule has 0 amide bonds. The number of aromatic nitrogens is 2. The van der Waals surface area contributed by atoms with Crippen molar-refractivity contribution < 1.29 is 9.63 Å². The van der Waals surface area contributed by atoms with E-state index in [0.717, 1.165) is 25.3 Å². The average Bonchev–Trinajstić information content (AvgIpc) is 2.78. The van der Waals surface area contributed by atoms with Gasteiger partial charge in [-0.3, -0.25) is 0 Å². The smallest absolute Gasteiger partial charge is 0.255 e. The van der Waals surface area contributed by atoms with Crippen molar-refractivity contribution in [2.75, 3.05) is 13.1 Å². The molecule has 2 heterocycles. The Hall–Kier alpha value is -0.940. The molecule has 1 aromatic rings. The minimum atomic E-state index is -0.672. The molecule has 1 aromatic heterocycles. The van der Waals surface area contributed by atoms with E-state index in [4.69, 9.17) is 4.52 Å². The number of aliphatic hydroxyl groups is 1. The summed E-state index contributed by atoms with van der Waals surface area (Å²) in [5.41, 5.74) is 0. The molecule has 5 nitrogen and oxygen atoms in total. The number of hydrogen-bond donors (Lipinski definition) is 1. The molecule has 1 unspecified atom stereocenters. The van der Waals surface area contributed by atoms with Crippen LogP contribution in [0.1, 0.15) is 51.4 Å². The average molecular weight is 253 g/mol. The molecule has 1 saturated heterocycles. The fraction of sp³-hybridized carbons (Fsp3) is 0.846. The molecule has 0 saturated carbocycles. The fourth-order valence-corrected chi connectivity index (χ4v) is 2.45. The van der Waals surface area contributed by atoms with Crippen LogP contribution in [0.2, 0.25) is 0 Å². The summed E-state index contributed by atoms with van der Waals surface area (Å²) < 4.78 is 5.01. The summed E-state index contributed by atoms with van der Waals surface area (Å²) in [5.74, 6) is 1.69. The van der Waals surface area contributed by atoms with E-state index in [0.29, 0.717) is 17.9 Å². The molecule has 2 rings (SSSR count). The van der Waals surface area contributed by atoms with Crippen LogP contribution in [0.15, 0.2) is 4.52 Å². The molecule has 18 heavy (non-hydrogen) atoms. The molecule has 1 N–H and O–H groups in total. The van der Waals surface area contributed by atoms with Gasteiger partial charge in [-0.05, 0) is 52.6 Å². The summed E-state index contributed by atoms with van der Waals surface area (Å²) >= 11 is 0. The summed E-state index contributed by atoms with van der Waals surface area (Å²) in [7, 11) is 0. The molecule has 0 bridgehead atoms. The lowest BCUT2D eigenvalue weighted by molar-refractivity contribution is 0.147. The van der Waals surface area contributed by atoms with Gasteiger partial charge in [0.1, 0.15) is 6.10 Å². The van der Waals surface area contributed by atoms with Crippen molar-refractivity contribution in [3.05, 3.63) is 11.7 Å². The van der Waals surface area contributed by atoms with Gasteiger partial charge >= 0.3 is 0 Å². The molecular formula is C13H23N3O2. The highest BCUT2D eigenvalue weighted by atomic mass is 16.5. The second kappa shape index (κ2) is 5.80. The number of rotatable bonds is 4. The van der Waals surface area contributed by atoms with Gasteiger partial charge in [-0.15, -0.1) is 0 Å². The number of nitrogens with zero attached hydrogens (tertiary/aromatic N) is 3. The molecule has 0 radical (unpaired) electrons. The molecule has 0 spiro atoms. The Labute approximate surface area is 108 Å². The first kappa shape index (κ1) is 13.5. The molecule has 1 atom stereocenters. The second-order valence-corrected chi connectivity index (χ2v) is 5.50.